The Morgan fingerprint density at radius 3 is 2.78 bits per heavy atom. The fourth-order valence-corrected chi connectivity index (χ4v) is 4.44. The summed E-state index contributed by atoms with van der Waals surface area (Å²) in [5, 5.41) is 23.7. The summed E-state index contributed by atoms with van der Waals surface area (Å²) in [5.41, 5.74) is 5.74. The van der Waals surface area contributed by atoms with Gasteiger partial charge in [0.2, 0.25) is 0 Å². The van der Waals surface area contributed by atoms with Gasteiger partial charge in [0.25, 0.3) is 5.91 Å². The van der Waals surface area contributed by atoms with Crippen LogP contribution in [0.3, 0.4) is 0 Å². The van der Waals surface area contributed by atoms with Gasteiger partial charge >= 0.3 is 6.09 Å². The Morgan fingerprint density at radius 1 is 1.44 bits per heavy atom. The molecule has 32 heavy (non-hydrogen) atoms. The summed E-state index contributed by atoms with van der Waals surface area (Å²) in [6, 6.07) is 5.72. The molecule has 1 saturated carbocycles. The summed E-state index contributed by atoms with van der Waals surface area (Å²) in [6.45, 7) is 2.49. The highest BCUT2D eigenvalue weighted by molar-refractivity contribution is 5.93. The average Bonchev–Trinajstić information content (AvgIpc) is 3.38. The molecule has 2 atom stereocenters. The van der Waals surface area contributed by atoms with Gasteiger partial charge in [0, 0.05) is 24.2 Å². The highest BCUT2D eigenvalue weighted by atomic mass is 19.1. The van der Waals surface area contributed by atoms with E-state index in [1.807, 2.05) is 0 Å². The zero-order chi connectivity index (χ0) is 23.0. The maximum atomic E-state index is 14.0. The second-order valence-corrected chi connectivity index (χ2v) is 8.69. The molecule has 1 aromatic carbocycles. The van der Waals surface area contributed by atoms with Gasteiger partial charge in [-0.1, -0.05) is 6.92 Å². The third kappa shape index (κ3) is 3.98. The van der Waals surface area contributed by atoms with E-state index in [-0.39, 0.29) is 35.4 Å². The lowest BCUT2D eigenvalue weighted by Crippen LogP contribution is -2.49. The lowest BCUT2D eigenvalue weighted by atomic mass is 9.86. The number of likely N-dealkylation sites (tertiary alicyclic amines) is 1. The van der Waals surface area contributed by atoms with Crippen LogP contribution in [0.2, 0.25) is 0 Å². The van der Waals surface area contributed by atoms with Crippen LogP contribution < -0.4 is 10.5 Å². The molecule has 4 rings (SSSR count). The zero-order valence-corrected chi connectivity index (χ0v) is 17.6. The van der Waals surface area contributed by atoms with Gasteiger partial charge in [0.05, 0.1) is 17.8 Å². The van der Waals surface area contributed by atoms with Crippen molar-refractivity contribution < 1.29 is 23.8 Å². The molecule has 2 amide bonds. The Hall–Kier alpha value is -3.61. The van der Waals surface area contributed by atoms with Gasteiger partial charge in [-0.05, 0) is 43.2 Å². The van der Waals surface area contributed by atoms with E-state index in [4.69, 9.17) is 10.5 Å². The molecular formula is C22H24FN5O4. The summed E-state index contributed by atoms with van der Waals surface area (Å²) in [5.74, 6) is -1.45. The number of hydrogen-bond acceptors (Lipinski definition) is 5. The molecule has 1 aromatic heterocycles. The summed E-state index contributed by atoms with van der Waals surface area (Å²) < 4.78 is 21.2. The maximum absolute atomic E-state index is 14.0. The summed E-state index contributed by atoms with van der Waals surface area (Å²) >= 11 is 0. The molecule has 3 N–H and O–H groups in total. The summed E-state index contributed by atoms with van der Waals surface area (Å²) in [6.07, 6.45) is 3.77. The van der Waals surface area contributed by atoms with E-state index in [0.717, 1.165) is 18.9 Å². The van der Waals surface area contributed by atoms with Crippen molar-refractivity contribution in [3.8, 4) is 11.8 Å². The molecule has 2 aliphatic rings. The van der Waals surface area contributed by atoms with Crippen LogP contribution in [-0.2, 0) is 6.61 Å². The number of piperidine rings is 1. The van der Waals surface area contributed by atoms with E-state index in [1.165, 1.54) is 17.0 Å². The van der Waals surface area contributed by atoms with Crippen molar-refractivity contribution >= 4 is 12.0 Å². The van der Waals surface area contributed by atoms with Crippen molar-refractivity contribution in [2.75, 3.05) is 6.54 Å². The second kappa shape index (κ2) is 8.15. The number of halogens is 1. The van der Waals surface area contributed by atoms with Crippen molar-refractivity contribution in [2.45, 2.75) is 51.3 Å². The number of primary amides is 1. The number of ether oxygens (including phenoxy) is 1. The normalized spacial score (nSPS) is 21.6. The fraction of sp³-hybridized carbons (Fsp3) is 0.455. The number of carbonyl (C=O) groups excluding carboxylic acids is 1. The van der Waals surface area contributed by atoms with E-state index in [0.29, 0.717) is 30.6 Å². The smallest absolute Gasteiger partial charge is 0.407 e. The molecule has 168 valence electrons. The fourth-order valence-electron chi connectivity index (χ4n) is 4.44. The Labute approximate surface area is 184 Å². The standard InChI is InChI=1S/C22H24FN5O4/c1-22(5-6-22)19-8-14(4-7-27(19)21(30)31)28-18(10-24)13(11-26-28)12-32-15-2-3-16(20(25)29)17(23)9-15/h2-3,9,11,14,19H,4-8,12H2,1H3,(H2,25,29)(H,30,31). The van der Waals surface area contributed by atoms with Crippen molar-refractivity contribution in [3.05, 3.63) is 47.0 Å². The summed E-state index contributed by atoms with van der Waals surface area (Å²) in [7, 11) is 0. The van der Waals surface area contributed by atoms with Crippen LogP contribution in [0.5, 0.6) is 5.75 Å². The van der Waals surface area contributed by atoms with Crippen LogP contribution >= 0.6 is 0 Å². The second-order valence-electron chi connectivity index (χ2n) is 8.69. The highest BCUT2D eigenvalue weighted by Gasteiger charge is 2.51. The van der Waals surface area contributed by atoms with Crippen LogP contribution in [0.1, 0.15) is 60.3 Å². The van der Waals surface area contributed by atoms with Gasteiger partial charge < -0.3 is 20.5 Å². The first kappa shape index (κ1) is 21.6. The number of hydrogen-bond donors (Lipinski definition) is 2. The van der Waals surface area contributed by atoms with Crippen molar-refractivity contribution in [3.63, 3.8) is 0 Å². The molecule has 1 aliphatic carbocycles. The minimum Gasteiger partial charge on any atom is -0.489 e. The molecule has 1 aliphatic heterocycles. The molecule has 10 heteroatoms. The number of carbonyl (C=O) groups is 2. The van der Waals surface area contributed by atoms with Crippen LogP contribution in [0, 0.1) is 22.6 Å². The van der Waals surface area contributed by atoms with Gasteiger partial charge in [0.15, 0.2) is 0 Å². The lowest BCUT2D eigenvalue weighted by molar-refractivity contribution is 0.0605. The van der Waals surface area contributed by atoms with E-state index < -0.39 is 17.8 Å². The number of rotatable bonds is 6. The van der Waals surface area contributed by atoms with Gasteiger partial charge in [0.1, 0.15) is 29.9 Å². The van der Waals surface area contributed by atoms with E-state index in [9.17, 15) is 24.3 Å². The zero-order valence-electron chi connectivity index (χ0n) is 17.6. The van der Waals surface area contributed by atoms with Crippen molar-refractivity contribution in [1.29, 1.82) is 5.26 Å². The molecule has 0 spiro atoms. The predicted octanol–water partition coefficient (Wildman–Crippen LogP) is 3.06. The molecule has 2 unspecified atom stereocenters. The SMILES string of the molecule is CC1(C2CC(n3ncc(COc4ccc(C(N)=O)c(F)c4)c3C#N)CCN2C(=O)O)CC1. The van der Waals surface area contributed by atoms with E-state index in [1.54, 1.807) is 10.9 Å². The van der Waals surface area contributed by atoms with Crippen molar-refractivity contribution in [1.82, 2.24) is 14.7 Å². The monoisotopic (exact) mass is 441 g/mol. The van der Waals surface area contributed by atoms with E-state index in [2.05, 4.69) is 18.1 Å². The molecule has 1 saturated heterocycles. The number of nitrogens with zero attached hydrogens (tertiary/aromatic N) is 4. The quantitative estimate of drug-likeness (QED) is 0.707. The predicted molar refractivity (Wildman–Crippen MR) is 110 cm³/mol. The average molecular weight is 441 g/mol. The molecule has 2 fully saturated rings. The Bertz CT molecular complexity index is 1100. The molecule has 0 radical (unpaired) electrons. The van der Waals surface area contributed by atoms with Gasteiger partial charge in [-0.15, -0.1) is 0 Å². The molecule has 2 aromatic rings. The first-order valence-electron chi connectivity index (χ1n) is 10.4. The third-order valence-corrected chi connectivity index (χ3v) is 6.59. The topological polar surface area (TPSA) is 134 Å². The first-order valence-corrected chi connectivity index (χ1v) is 10.4. The van der Waals surface area contributed by atoms with Crippen molar-refractivity contribution in [2.24, 2.45) is 11.1 Å². The minimum atomic E-state index is -0.911. The van der Waals surface area contributed by atoms with E-state index >= 15 is 0 Å². The van der Waals surface area contributed by atoms with Crippen LogP contribution in [-0.4, -0.2) is 44.4 Å². The van der Waals surface area contributed by atoms with Crippen LogP contribution in [0.25, 0.3) is 0 Å². The van der Waals surface area contributed by atoms with Gasteiger partial charge in [-0.3, -0.25) is 9.48 Å². The number of aromatic nitrogens is 2. The molecular weight excluding hydrogens is 417 g/mol. The Morgan fingerprint density at radius 2 is 2.19 bits per heavy atom. The largest absolute Gasteiger partial charge is 0.489 e. The number of carboxylic acid groups (broad SMARTS) is 1. The minimum absolute atomic E-state index is 0.00658. The van der Waals surface area contributed by atoms with Crippen LogP contribution in [0.4, 0.5) is 9.18 Å². The number of amides is 2. The number of nitriles is 1. The van der Waals surface area contributed by atoms with Crippen LogP contribution in [0.15, 0.2) is 24.4 Å². The summed E-state index contributed by atoms with van der Waals surface area (Å²) in [4.78, 5) is 24.4. The van der Waals surface area contributed by atoms with Gasteiger partial charge in [-0.2, -0.15) is 10.4 Å². The third-order valence-electron chi connectivity index (χ3n) is 6.59. The van der Waals surface area contributed by atoms with Gasteiger partial charge in [-0.25, -0.2) is 9.18 Å². The molecule has 2 heterocycles. The first-order chi connectivity index (χ1) is 15.2. The molecule has 0 bridgehead atoms. The highest BCUT2D eigenvalue weighted by Crippen LogP contribution is 2.53. The maximum Gasteiger partial charge on any atom is 0.407 e. The Kier molecular flexibility index (Phi) is 5.50. The number of nitrogens with two attached hydrogens (primary N) is 1. The Balaban J connectivity index is 1.50. The molecule has 9 nitrogen and oxygen atoms in total. The number of benzene rings is 1. The lowest BCUT2D eigenvalue weighted by Gasteiger charge is -2.41.